The van der Waals surface area contributed by atoms with Crippen LogP contribution in [0.4, 0.5) is 0 Å². The van der Waals surface area contributed by atoms with Crippen LogP contribution in [0.5, 0.6) is 0 Å². The van der Waals surface area contributed by atoms with Crippen molar-refractivity contribution >= 4 is 0 Å². The SMILES string of the molecule is CCCCC1=C[C](CCCC)([Zr+2][C]2(CCCC)C=CC(CCCC)=C2)C=C1.[Cl-].[Cl-]. The Kier molecular flexibility index (Phi) is 15.5. The Bertz CT molecular complexity index is 525. The summed E-state index contributed by atoms with van der Waals surface area (Å²) >= 11 is -0.686. The molecule has 2 unspecified atom stereocenters. The van der Waals surface area contributed by atoms with Crippen molar-refractivity contribution in [1.29, 1.82) is 0 Å². The van der Waals surface area contributed by atoms with Crippen LogP contribution in [0.25, 0.3) is 0 Å². The van der Waals surface area contributed by atoms with Crippen LogP contribution in [0.1, 0.15) is 105 Å². The molecular weight excluding hydrogens is 474 g/mol. The molecule has 0 saturated carbocycles. The van der Waals surface area contributed by atoms with Gasteiger partial charge >= 0.3 is 182 Å². The second kappa shape index (κ2) is 15.3. The first-order chi connectivity index (χ1) is 13.1. The summed E-state index contributed by atoms with van der Waals surface area (Å²) in [6, 6.07) is 0. The van der Waals surface area contributed by atoms with Crippen molar-refractivity contribution < 1.29 is 48.0 Å². The van der Waals surface area contributed by atoms with Crippen molar-refractivity contribution in [2.45, 2.75) is 111 Å². The fourth-order valence-electron chi connectivity index (χ4n) is 4.40. The van der Waals surface area contributed by atoms with Crippen LogP contribution >= 0.6 is 0 Å². The van der Waals surface area contributed by atoms with Crippen LogP contribution in [-0.2, 0) is 23.2 Å². The van der Waals surface area contributed by atoms with E-state index in [1.165, 1.54) is 77.0 Å². The average Bonchev–Trinajstić information content (AvgIpc) is 3.26. The zero-order chi connectivity index (χ0) is 19.6. The van der Waals surface area contributed by atoms with E-state index in [-0.39, 0.29) is 24.8 Å². The molecule has 0 radical (unpaired) electrons. The van der Waals surface area contributed by atoms with Crippen molar-refractivity contribution in [3.8, 4) is 0 Å². The molecule has 2 aliphatic carbocycles. The first-order valence-electron chi connectivity index (χ1n) is 11.7. The minimum atomic E-state index is -0.686. The third-order valence-corrected chi connectivity index (χ3v) is 11.1. The maximum Gasteiger partial charge on any atom is -1.00 e. The Morgan fingerprint density at radius 1 is 0.621 bits per heavy atom. The molecule has 0 nitrogen and oxygen atoms in total. The maximum absolute atomic E-state index is 2.74. The fraction of sp³-hybridized carbons (Fsp3) is 0.692. The van der Waals surface area contributed by atoms with Gasteiger partial charge in [-0.2, -0.15) is 0 Å². The van der Waals surface area contributed by atoms with Crippen LogP contribution in [0.2, 0.25) is 6.25 Å². The summed E-state index contributed by atoms with van der Waals surface area (Å²) < 4.78 is 0.911. The summed E-state index contributed by atoms with van der Waals surface area (Å²) in [5, 5.41) is 0. The van der Waals surface area contributed by atoms with Gasteiger partial charge in [-0.3, -0.25) is 0 Å². The third kappa shape index (κ3) is 9.21. The van der Waals surface area contributed by atoms with Crippen molar-refractivity contribution in [1.82, 2.24) is 0 Å². The van der Waals surface area contributed by atoms with Crippen molar-refractivity contribution in [3.05, 3.63) is 47.6 Å². The van der Waals surface area contributed by atoms with Gasteiger partial charge < -0.3 is 24.8 Å². The van der Waals surface area contributed by atoms with Crippen molar-refractivity contribution in [2.75, 3.05) is 0 Å². The smallest absolute Gasteiger partial charge is 1.00 e. The summed E-state index contributed by atoms with van der Waals surface area (Å²) in [5.74, 6) is 0. The quantitative estimate of drug-likeness (QED) is 0.333. The normalized spacial score (nSPS) is 24.6. The third-order valence-electron chi connectivity index (χ3n) is 6.07. The molecule has 0 aromatic rings. The van der Waals surface area contributed by atoms with Crippen molar-refractivity contribution in [2.24, 2.45) is 0 Å². The molecule has 0 aromatic heterocycles. The standard InChI is InChI=1S/2C13H21.2ClH.Zr/c2*1-3-5-7-12-9-10-13(11-12)8-6-4-2;;;/h2*9-11H,3-8H2,1-2H3;2*1H;/q;;;;+2/p-2. The van der Waals surface area contributed by atoms with Gasteiger partial charge in [0.1, 0.15) is 0 Å². The Labute approximate surface area is 205 Å². The van der Waals surface area contributed by atoms with Gasteiger partial charge in [-0.1, -0.05) is 0 Å². The summed E-state index contributed by atoms with van der Waals surface area (Å²) in [6.07, 6.45) is 31.8. The zero-order valence-electron chi connectivity index (χ0n) is 19.2. The molecule has 2 atom stereocenters. The molecule has 2 rings (SSSR count). The van der Waals surface area contributed by atoms with Crippen LogP contribution in [0.3, 0.4) is 0 Å². The van der Waals surface area contributed by atoms with E-state index in [4.69, 9.17) is 0 Å². The Balaban J connectivity index is 0.00000392. The van der Waals surface area contributed by atoms with E-state index in [0.717, 1.165) is 0 Å². The molecule has 2 aliphatic rings. The van der Waals surface area contributed by atoms with Gasteiger partial charge in [0.2, 0.25) is 0 Å². The first-order valence-corrected chi connectivity index (χ1v) is 14.2. The van der Waals surface area contributed by atoms with Gasteiger partial charge in [0.25, 0.3) is 0 Å². The number of rotatable bonds is 14. The van der Waals surface area contributed by atoms with Gasteiger partial charge in [0, 0.05) is 0 Å². The number of hydrogen-bond acceptors (Lipinski definition) is 0. The Morgan fingerprint density at radius 2 is 1.00 bits per heavy atom. The molecule has 0 aromatic carbocycles. The largest absolute Gasteiger partial charge is 1.00 e. The van der Waals surface area contributed by atoms with E-state index in [1.54, 1.807) is 11.1 Å². The number of unbranched alkanes of at least 4 members (excludes halogenated alkanes) is 4. The van der Waals surface area contributed by atoms with E-state index >= 15 is 0 Å². The minimum Gasteiger partial charge on any atom is -1.00 e. The molecule has 0 N–H and O–H groups in total. The fourth-order valence-corrected chi connectivity index (χ4v) is 10.1. The second-order valence-corrected chi connectivity index (χ2v) is 13.9. The van der Waals surface area contributed by atoms with E-state index in [0.29, 0.717) is 6.25 Å². The van der Waals surface area contributed by atoms with Crippen LogP contribution in [0, 0.1) is 0 Å². The number of allylic oxidation sites excluding steroid dienone is 8. The molecule has 0 spiro atoms. The molecule has 0 heterocycles. The molecule has 29 heavy (non-hydrogen) atoms. The van der Waals surface area contributed by atoms with Gasteiger partial charge in [-0.05, 0) is 0 Å². The van der Waals surface area contributed by atoms with Crippen LogP contribution < -0.4 is 24.8 Å². The molecule has 0 saturated heterocycles. The van der Waals surface area contributed by atoms with Gasteiger partial charge in [-0.15, -0.1) is 0 Å². The molecule has 0 bridgehead atoms. The van der Waals surface area contributed by atoms with Gasteiger partial charge in [0.05, 0.1) is 0 Å². The molecule has 0 fully saturated rings. The number of hydrogen-bond donors (Lipinski definition) is 0. The minimum absolute atomic E-state index is 0. The topological polar surface area (TPSA) is 0 Å². The molecule has 0 amide bonds. The second-order valence-electron chi connectivity index (χ2n) is 8.73. The molecular formula is C26H42Cl2Zr. The van der Waals surface area contributed by atoms with Crippen LogP contribution in [0.15, 0.2) is 47.6 Å². The monoisotopic (exact) mass is 514 g/mol. The van der Waals surface area contributed by atoms with E-state index in [9.17, 15) is 0 Å². The summed E-state index contributed by atoms with van der Waals surface area (Å²) in [4.78, 5) is 0. The maximum atomic E-state index is 2.74. The predicted molar refractivity (Wildman–Crippen MR) is 118 cm³/mol. The molecule has 0 aliphatic heterocycles. The predicted octanol–water partition coefficient (Wildman–Crippen LogP) is 3.15. The van der Waals surface area contributed by atoms with E-state index in [1.807, 2.05) is 0 Å². The van der Waals surface area contributed by atoms with E-state index < -0.39 is 23.2 Å². The van der Waals surface area contributed by atoms with Gasteiger partial charge in [0.15, 0.2) is 0 Å². The van der Waals surface area contributed by atoms with Gasteiger partial charge in [-0.25, -0.2) is 0 Å². The Hall–Kier alpha value is 0.423. The summed E-state index contributed by atoms with van der Waals surface area (Å²) in [6.45, 7) is 9.33. The molecule has 164 valence electrons. The summed E-state index contributed by atoms with van der Waals surface area (Å²) in [7, 11) is 0. The summed E-state index contributed by atoms with van der Waals surface area (Å²) in [5.41, 5.74) is 3.27. The zero-order valence-corrected chi connectivity index (χ0v) is 23.2. The van der Waals surface area contributed by atoms with Crippen LogP contribution in [-0.4, -0.2) is 0 Å². The van der Waals surface area contributed by atoms with E-state index in [2.05, 4.69) is 64.2 Å². The Morgan fingerprint density at radius 3 is 1.34 bits per heavy atom. The average molecular weight is 517 g/mol. The number of halogens is 2. The first kappa shape index (κ1) is 29.4. The molecule has 3 heteroatoms. The van der Waals surface area contributed by atoms with Crippen molar-refractivity contribution in [3.63, 3.8) is 0 Å².